The highest BCUT2D eigenvalue weighted by Crippen LogP contribution is 2.49. The van der Waals surface area contributed by atoms with Crippen LogP contribution in [0.25, 0.3) is 10.1 Å². The standard InChI is InChI=1S/C29H35N7O3S/c1-5-21(37)35-18-7-6-8-19(18)36-28(39)26-23-22-15(9-10-17(30)25(22)40-26)29(32,27(38)24(23)31)16-12-33-20(11-14(16)4)34-13(2)3/h5,9-13,18-19,24H,1,6-8,30-32H2,2-4H3,(H,33,34)(H,35,37)(H,36,39)/t18-,19+,24?,29?/m0/s1. The molecule has 5 rings (SSSR count). The minimum absolute atomic E-state index is 0.182. The summed E-state index contributed by atoms with van der Waals surface area (Å²) >= 11 is 1.20. The van der Waals surface area contributed by atoms with Crippen LogP contribution in [0.5, 0.6) is 0 Å². The van der Waals surface area contributed by atoms with Gasteiger partial charge in [-0.15, -0.1) is 11.3 Å². The van der Waals surface area contributed by atoms with Gasteiger partial charge in [0.25, 0.3) is 5.91 Å². The third-order valence-electron chi connectivity index (χ3n) is 7.84. The molecule has 210 valence electrons. The maximum Gasteiger partial charge on any atom is 0.262 e. The number of hydrogen-bond acceptors (Lipinski definition) is 9. The van der Waals surface area contributed by atoms with Gasteiger partial charge in [-0.25, -0.2) is 4.98 Å². The van der Waals surface area contributed by atoms with Crippen LogP contribution in [0.3, 0.4) is 0 Å². The SMILES string of the molecule is C=CC(=O)N[C@H]1CCC[C@H]1NC(=O)c1sc2c(N)ccc3c2c1C(N)C(=O)C3(N)c1cnc(NC(C)C)cc1C. The predicted octanol–water partition coefficient (Wildman–Crippen LogP) is 2.75. The topological polar surface area (TPSA) is 178 Å². The summed E-state index contributed by atoms with van der Waals surface area (Å²) in [6.45, 7) is 9.42. The quantitative estimate of drug-likeness (QED) is 0.188. The van der Waals surface area contributed by atoms with Gasteiger partial charge in [0.15, 0.2) is 5.78 Å². The number of hydrogen-bond donors (Lipinski definition) is 6. The number of Topliss-reactive ketones (excluding diaryl/α,β-unsaturated/α-hetero) is 1. The lowest BCUT2D eigenvalue weighted by Gasteiger charge is -2.37. The summed E-state index contributed by atoms with van der Waals surface area (Å²) in [6.07, 6.45) is 5.15. The molecule has 0 aliphatic heterocycles. The number of carbonyl (C=O) groups is 3. The Balaban J connectivity index is 1.59. The summed E-state index contributed by atoms with van der Waals surface area (Å²) in [5.41, 5.74) is 21.2. The Bertz CT molecular complexity index is 1550. The maximum atomic E-state index is 14.1. The van der Waals surface area contributed by atoms with Gasteiger partial charge < -0.3 is 33.2 Å². The average molecular weight is 562 g/mol. The molecule has 0 spiro atoms. The molecule has 0 saturated heterocycles. The minimum atomic E-state index is -1.58. The Labute approximate surface area is 236 Å². The number of nitrogens with two attached hydrogens (primary N) is 3. The van der Waals surface area contributed by atoms with Crippen molar-refractivity contribution >= 4 is 50.5 Å². The van der Waals surface area contributed by atoms with E-state index in [0.29, 0.717) is 49.6 Å². The lowest BCUT2D eigenvalue weighted by Crippen LogP contribution is -2.53. The number of aryl methyl sites for hydroxylation is 1. The molecule has 0 radical (unpaired) electrons. The number of thiophene rings is 1. The second kappa shape index (κ2) is 10.3. The van der Waals surface area contributed by atoms with E-state index >= 15 is 0 Å². The number of nitrogens with one attached hydrogen (secondary N) is 3. The van der Waals surface area contributed by atoms with E-state index in [1.54, 1.807) is 18.3 Å². The lowest BCUT2D eigenvalue weighted by atomic mass is 9.70. The fraction of sp³-hybridized carbons (Fsp3) is 0.379. The van der Waals surface area contributed by atoms with Gasteiger partial charge in [0, 0.05) is 46.5 Å². The van der Waals surface area contributed by atoms with Crippen LogP contribution >= 0.6 is 11.3 Å². The van der Waals surface area contributed by atoms with Crippen molar-refractivity contribution in [1.29, 1.82) is 0 Å². The van der Waals surface area contributed by atoms with E-state index < -0.39 is 17.4 Å². The monoisotopic (exact) mass is 561 g/mol. The Morgan fingerprint density at radius 3 is 2.55 bits per heavy atom. The number of nitrogen functional groups attached to an aromatic ring is 1. The molecular weight excluding hydrogens is 526 g/mol. The number of benzene rings is 1. The van der Waals surface area contributed by atoms with Crippen molar-refractivity contribution in [2.45, 2.75) is 69.7 Å². The fourth-order valence-corrected chi connectivity index (χ4v) is 7.15. The van der Waals surface area contributed by atoms with E-state index in [4.69, 9.17) is 17.2 Å². The van der Waals surface area contributed by atoms with E-state index in [1.807, 2.05) is 26.8 Å². The lowest BCUT2D eigenvalue weighted by molar-refractivity contribution is -0.124. The molecule has 40 heavy (non-hydrogen) atoms. The molecular formula is C29H35N7O3S. The number of carbonyl (C=O) groups excluding carboxylic acids is 3. The number of ketones is 1. The molecule has 2 amide bonds. The number of amides is 2. The summed E-state index contributed by atoms with van der Waals surface area (Å²) < 4.78 is 0.655. The number of rotatable bonds is 7. The van der Waals surface area contributed by atoms with Gasteiger partial charge in [0.2, 0.25) is 5.91 Å². The molecule has 11 heteroatoms. The molecule has 1 saturated carbocycles. The first kappa shape index (κ1) is 27.8. The van der Waals surface area contributed by atoms with Crippen molar-refractivity contribution < 1.29 is 14.4 Å². The van der Waals surface area contributed by atoms with Gasteiger partial charge >= 0.3 is 0 Å². The van der Waals surface area contributed by atoms with Crippen LogP contribution in [0.2, 0.25) is 0 Å². The molecule has 9 N–H and O–H groups in total. The predicted molar refractivity (Wildman–Crippen MR) is 158 cm³/mol. The minimum Gasteiger partial charge on any atom is -0.398 e. The second-order valence-corrected chi connectivity index (χ2v) is 11.9. The second-order valence-electron chi connectivity index (χ2n) is 10.9. The van der Waals surface area contributed by atoms with Crippen molar-refractivity contribution in [1.82, 2.24) is 15.6 Å². The molecule has 2 aliphatic carbocycles. The molecule has 2 heterocycles. The van der Waals surface area contributed by atoms with Crippen LogP contribution in [0, 0.1) is 6.92 Å². The van der Waals surface area contributed by atoms with Gasteiger partial charge in [-0.3, -0.25) is 14.4 Å². The molecule has 4 atom stereocenters. The van der Waals surface area contributed by atoms with Crippen LogP contribution in [0.15, 0.2) is 37.1 Å². The maximum absolute atomic E-state index is 14.1. The third-order valence-corrected chi connectivity index (χ3v) is 9.09. The van der Waals surface area contributed by atoms with Gasteiger partial charge in [-0.2, -0.15) is 0 Å². The van der Waals surface area contributed by atoms with Crippen molar-refractivity contribution in [3.63, 3.8) is 0 Å². The van der Waals surface area contributed by atoms with Gasteiger partial charge in [0.1, 0.15) is 11.4 Å². The van der Waals surface area contributed by atoms with E-state index in [2.05, 4.69) is 27.5 Å². The zero-order chi connectivity index (χ0) is 28.9. The highest BCUT2D eigenvalue weighted by Gasteiger charge is 2.49. The zero-order valence-electron chi connectivity index (χ0n) is 22.8. The number of aromatic nitrogens is 1. The Kier molecular flexibility index (Phi) is 7.15. The smallest absolute Gasteiger partial charge is 0.262 e. The van der Waals surface area contributed by atoms with Gasteiger partial charge in [0.05, 0.1) is 15.6 Å². The molecule has 2 aromatic heterocycles. The van der Waals surface area contributed by atoms with E-state index in [0.717, 1.165) is 18.4 Å². The van der Waals surface area contributed by atoms with Gasteiger partial charge in [-0.1, -0.05) is 12.6 Å². The first-order chi connectivity index (χ1) is 19.0. The summed E-state index contributed by atoms with van der Waals surface area (Å²) in [7, 11) is 0. The third kappa shape index (κ3) is 4.43. The Morgan fingerprint density at radius 1 is 1.20 bits per heavy atom. The van der Waals surface area contributed by atoms with Crippen molar-refractivity contribution in [2.24, 2.45) is 11.5 Å². The fourth-order valence-electron chi connectivity index (χ4n) is 5.95. The first-order valence-electron chi connectivity index (χ1n) is 13.4. The van der Waals surface area contributed by atoms with Gasteiger partial charge in [-0.05, 0) is 69.4 Å². The van der Waals surface area contributed by atoms with Crippen molar-refractivity contribution in [3.05, 3.63) is 64.2 Å². The molecule has 3 aromatic rings. The Morgan fingerprint density at radius 2 is 1.90 bits per heavy atom. The molecule has 0 bridgehead atoms. The van der Waals surface area contributed by atoms with Crippen LogP contribution < -0.4 is 33.2 Å². The zero-order valence-corrected chi connectivity index (χ0v) is 23.7. The largest absolute Gasteiger partial charge is 0.398 e. The summed E-state index contributed by atoms with van der Waals surface area (Å²) in [5, 5.41) is 9.85. The summed E-state index contributed by atoms with van der Waals surface area (Å²) in [6, 6.07) is 3.88. The van der Waals surface area contributed by atoms with E-state index in [1.165, 1.54) is 17.4 Å². The number of pyridine rings is 1. The van der Waals surface area contributed by atoms with Crippen molar-refractivity contribution in [3.8, 4) is 0 Å². The highest BCUT2D eigenvalue weighted by molar-refractivity contribution is 7.21. The molecule has 1 fully saturated rings. The Hall–Kier alpha value is -3.80. The molecule has 1 aromatic carbocycles. The molecule has 2 unspecified atom stereocenters. The highest BCUT2D eigenvalue weighted by atomic mass is 32.1. The van der Waals surface area contributed by atoms with Crippen molar-refractivity contribution in [2.75, 3.05) is 11.1 Å². The van der Waals surface area contributed by atoms with Crippen LogP contribution in [0.1, 0.15) is 71.1 Å². The molecule has 10 nitrogen and oxygen atoms in total. The number of nitrogens with zero attached hydrogens (tertiary/aromatic N) is 1. The average Bonchev–Trinajstić information content (AvgIpc) is 3.52. The summed E-state index contributed by atoms with van der Waals surface area (Å²) in [4.78, 5) is 44.5. The van der Waals surface area contributed by atoms with Crippen LogP contribution in [0.4, 0.5) is 11.5 Å². The van der Waals surface area contributed by atoms with Crippen LogP contribution in [-0.4, -0.2) is 40.7 Å². The van der Waals surface area contributed by atoms with E-state index in [9.17, 15) is 14.4 Å². The normalized spacial score (nSPS) is 23.9. The first-order valence-corrected chi connectivity index (χ1v) is 14.2. The molecule has 2 aliphatic rings. The van der Waals surface area contributed by atoms with E-state index in [-0.39, 0.29) is 29.9 Å². The summed E-state index contributed by atoms with van der Waals surface area (Å²) in [5.74, 6) is -0.393. The number of anilines is 2. The van der Waals surface area contributed by atoms with Crippen LogP contribution in [-0.2, 0) is 15.1 Å².